The van der Waals surface area contributed by atoms with Gasteiger partial charge in [0.05, 0.1) is 17.1 Å². The molecule has 9 nitrogen and oxygen atoms in total. The van der Waals surface area contributed by atoms with Gasteiger partial charge in [-0.2, -0.15) is 9.61 Å². The van der Waals surface area contributed by atoms with E-state index < -0.39 is 0 Å². The first-order valence-electron chi connectivity index (χ1n) is 9.66. The number of benzene rings is 1. The third-order valence-corrected chi connectivity index (χ3v) is 5.46. The number of hydrogen-bond donors (Lipinski definition) is 2. The van der Waals surface area contributed by atoms with E-state index in [0.29, 0.717) is 28.6 Å². The number of carbonyl (C=O) groups is 1. The molecule has 1 aromatic carbocycles. The summed E-state index contributed by atoms with van der Waals surface area (Å²) in [5, 5.41) is 24.1. The summed E-state index contributed by atoms with van der Waals surface area (Å²) in [6, 6.07) is 15.0. The lowest BCUT2D eigenvalue weighted by Crippen LogP contribution is -2.28. The van der Waals surface area contributed by atoms with Crippen LogP contribution in [0.4, 0.5) is 4.39 Å². The summed E-state index contributed by atoms with van der Waals surface area (Å²) in [5.41, 5.74) is 2.15. The predicted molar refractivity (Wildman–Crippen MR) is 116 cm³/mol. The minimum absolute atomic E-state index is 0.198. The van der Waals surface area contributed by atoms with Gasteiger partial charge in [-0.25, -0.2) is 4.39 Å². The number of nitrogens with zero attached hydrogens (tertiary/aromatic N) is 5. The summed E-state index contributed by atoms with van der Waals surface area (Å²) < 4.78 is 20.7. The first-order valence-corrected chi connectivity index (χ1v) is 10.5. The highest BCUT2D eigenvalue weighted by atomic mass is 32.1. The van der Waals surface area contributed by atoms with E-state index in [1.54, 1.807) is 41.7 Å². The van der Waals surface area contributed by atoms with Crippen molar-refractivity contribution in [3.05, 3.63) is 71.5 Å². The van der Waals surface area contributed by atoms with Crippen LogP contribution in [0.15, 0.2) is 60.0 Å². The fourth-order valence-corrected chi connectivity index (χ4v) is 3.76. The van der Waals surface area contributed by atoms with Gasteiger partial charge in [0, 0.05) is 11.6 Å². The van der Waals surface area contributed by atoms with E-state index in [1.807, 2.05) is 17.5 Å². The largest absolute Gasteiger partial charge is 0.475 e. The van der Waals surface area contributed by atoms with E-state index >= 15 is 0 Å². The summed E-state index contributed by atoms with van der Waals surface area (Å²) in [7, 11) is 0. The first-order chi connectivity index (χ1) is 15.7. The minimum atomic E-state index is -0.373. The quantitative estimate of drug-likeness (QED) is 0.369. The normalized spacial score (nSPS) is 11.0. The molecule has 0 fully saturated rings. The molecule has 0 bridgehead atoms. The molecule has 0 aliphatic rings. The molecule has 0 atom stereocenters. The Morgan fingerprint density at radius 2 is 2.09 bits per heavy atom. The van der Waals surface area contributed by atoms with Crippen LogP contribution in [0.25, 0.3) is 27.6 Å². The topological polar surface area (TPSA) is 110 Å². The van der Waals surface area contributed by atoms with E-state index in [2.05, 4.69) is 30.8 Å². The highest BCUT2D eigenvalue weighted by Gasteiger charge is 2.13. The molecule has 160 valence electrons. The molecular formula is C21H16FN7O2S. The zero-order valence-corrected chi connectivity index (χ0v) is 17.3. The van der Waals surface area contributed by atoms with Crippen LogP contribution in [-0.4, -0.2) is 49.1 Å². The number of halogens is 1. The van der Waals surface area contributed by atoms with Crippen molar-refractivity contribution in [2.75, 3.05) is 13.2 Å². The van der Waals surface area contributed by atoms with Crippen molar-refractivity contribution in [2.45, 2.75) is 0 Å². The van der Waals surface area contributed by atoms with Crippen LogP contribution in [0.3, 0.4) is 0 Å². The Labute approximate surface area is 184 Å². The van der Waals surface area contributed by atoms with Crippen LogP contribution < -0.4 is 10.1 Å². The summed E-state index contributed by atoms with van der Waals surface area (Å²) >= 11 is 1.56. The molecule has 0 aliphatic carbocycles. The maximum atomic E-state index is 13.6. The van der Waals surface area contributed by atoms with Crippen LogP contribution in [0, 0.1) is 5.82 Å². The van der Waals surface area contributed by atoms with Crippen LogP contribution in [0.1, 0.15) is 10.5 Å². The number of amides is 1. The van der Waals surface area contributed by atoms with Crippen LogP contribution in [0.2, 0.25) is 0 Å². The number of carbonyl (C=O) groups excluding carboxylic acids is 1. The van der Waals surface area contributed by atoms with E-state index in [0.717, 1.165) is 10.6 Å². The molecule has 32 heavy (non-hydrogen) atoms. The van der Waals surface area contributed by atoms with Crippen molar-refractivity contribution in [3.8, 4) is 27.8 Å². The molecule has 5 rings (SSSR count). The number of H-pyrrole nitrogens is 1. The van der Waals surface area contributed by atoms with Crippen molar-refractivity contribution in [1.29, 1.82) is 0 Å². The second-order valence-corrected chi connectivity index (χ2v) is 7.67. The monoisotopic (exact) mass is 449 g/mol. The smallest absolute Gasteiger partial charge is 0.271 e. The lowest BCUT2D eigenvalue weighted by molar-refractivity contribution is 0.0941. The number of hydrogen-bond acceptors (Lipinski definition) is 7. The van der Waals surface area contributed by atoms with Gasteiger partial charge in [-0.05, 0) is 35.7 Å². The van der Waals surface area contributed by atoms with E-state index in [4.69, 9.17) is 4.74 Å². The Bertz CT molecular complexity index is 1380. The number of ether oxygens (including phenoxy) is 1. The van der Waals surface area contributed by atoms with Gasteiger partial charge >= 0.3 is 0 Å². The molecular weight excluding hydrogens is 433 g/mol. The fraction of sp³-hybridized carbons (Fsp3) is 0.0952. The highest BCUT2D eigenvalue weighted by Crippen LogP contribution is 2.23. The maximum Gasteiger partial charge on any atom is 0.271 e. The zero-order chi connectivity index (χ0) is 21.9. The summed E-state index contributed by atoms with van der Waals surface area (Å²) in [5.74, 6) is 0.0485. The molecule has 4 heterocycles. The third-order valence-electron chi connectivity index (χ3n) is 4.56. The Morgan fingerprint density at radius 3 is 2.94 bits per heavy atom. The van der Waals surface area contributed by atoms with Crippen LogP contribution in [0.5, 0.6) is 5.88 Å². The van der Waals surface area contributed by atoms with Gasteiger partial charge in [0.2, 0.25) is 5.88 Å². The van der Waals surface area contributed by atoms with Gasteiger partial charge in [0.15, 0.2) is 17.2 Å². The van der Waals surface area contributed by atoms with Crippen molar-refractivity contribution in [1.82, 2.24) is 35.3 Å². The molecule has 1 amide bonds. The maximum absolute atomic E-state index is 13.6. The average molecular weight is 449 g/mol. The van der Waals surface area contributed by atoms with Gasteiger partial charge in [0.25, 0.3) is 5.91 Å². The second-order valence-electron chi connectivity index (χ2n) is 6.72. The SMILES string of the molecule is O=C(NCCOc1ccc2nnc(-c3cccc(F)c3)n2n1)c1cc(-c2cccs2)[nH]n1. The summed E-state index contributed by atoms with van der Waals surface area (Å²) in [6.45, 7) is 0.461. The summed E-state index contributed by atoms with van der Waals surface area (Å²) in [6.07, 6.45) is 0. The van der Waals surface area contributed by atoms with Crippen LogP contribution in [-0.2, 0) is 0 Å². The van der Waals surface area contributed by atoms with E-state index in [9.17, 15) is 9.18 Å². The minimum Gasteiger partial charge on any atom is -0.475 e. The third kappa shape index (κ3) is 4.05. The number of nitrogens with one attached hydrogen (secondary N) is 2. The van der Waals surface area contributed by atoms with E-state index in [-0.39, 0.29) is 24.9 Å². The lowest BCUT2D eigenvalue weighted by atomic mass is 10.2. The number of fused-ring (bicyclic) bond motifs is 1. The van der Waals surface area contributed by atoms with Gasteiger partial charge in [-0.1, -0.05) is 18.2 Å². The molecule has 4 aromatic heterocycles. The predicted octanol–water partition coefficient (Wildman–Crippen LogP) is 3.19. The van der Waals surface area contributed by atoms with Gasteiger partial charge in [0.1, 0.15) is 12.4 Å². The Morgan fingerprint density at radius 1 is 1.16 bits per heavy atom. The van der Waals surface area contributed by atoms with Crippen LogP contribution >= 0.6 is 11.3 Å². The molecule has 0 saturated carbocycles. The van der Waals surface area contributed by atoms with Crippen molar-refractivity contribution in [3.63, 3.8) is 0 Å². The van der Waals surface area contributed by atoms with Crippen molar-refractivity contribution in [2.24, 2.45) is 0 Å². The molecule has 5 aromatic rings. The average Bonchev–Trinajstić information content (AvgIpc) is 3.56. The molecule has 0 radical (unpaired) electrons. The number of thiophene rings is 1. The number of aromatic nitrogens is 6. The number of aromatic amines is 1. The van der Waals surface area contributed by atoms with Gasteiger partial charge in [-0.3, -0.25) is 9.89 Å². The number of rotatable bonds is 7. The Hall–Kier alpha value is -4.12. The van der Waals surface area contributed by atoms with Gasteiger partial charge in [-0.15, -0.1) is 26.6 Å². The zero-order valence-electron chi connectivity index (χ0n) is 16.5. The van der Waals surface area contributed by atoms with Crippen molar-refractivity contribution < 1.29 is 13.9 Å². The highest BCUT2D eigenvalue weighted by molar-refractivity contribution is 7.13. The Balaban J connectivity index is 1.20. The van der Waals surface area contributed by atoms with E-state index in [1.165, 1.54) is 16.6 Å². The lowest BCUT2D eigenvalue weighted by Gasteiger charge is -2.07. The molecule has 0 unspecified atom stereocenters. The molecule has 0 saturated heterocycles. The molecule has 0 aliphatic heterocycles. The molecule has 2 N–H and O–H groups in total. The molecule has 11 heteroatoms. The first kappa shape index (κ1) is 19.8. The molecule has 0 spiro atoms. The standard InChI is InChI=1S/C21H16FN7O2S/c22-14-4-1-3-13(11-14)20-27-26-18-6-7-19(28-29(18)20)31-9-8-23-21(30)16-12-15(24-25-16)17-5-2-10-32-17/h1-7,10-12H,8-9H2,(H,23,30)(H,24,25). The summed E-state index contributed by atoms with van der Waals surface area (Å²) in [4.78, 5) is 13.3. The van der Waals surface area contributed by atoms with Gasteiger partial charge < -0.3 is 10.1 Å². The van der Waals surface area contributed by atoms with Crippen molar-refractivity contribution >= 4 is 22.9 Å². The second kappa shape index (κ2) is 8.55. The fourth-order valence-electron chi connectivity index (χ4n) is 3.06. The Kier molecular flexibility index (Phi) is 5.30.